The Labute approximate surface area is 119 Å². The van der Waals surface area contributed by atoms with Crippen molar-refractivity contribution in [3.05, 3.63) is 71.0 Å². The zero-order chi connectivity index (χ0) is 14.8. The zero-order valence-corrected chi connectivity index (χ0v) is 12.2. The summed E-state index contributed by atoms with van der Waals surface area (Å²) in [6, 6.07) is 14.8. The molecule has 2 aromatic carbocycles. The first-order chi connectivity index (χ1) is 9.46. The molecule has 1 atom stereocenters. The molecule has 0 fully saturated rings. The number of aryl methyl sites for hydroxylation is 1. The minimum atomic E-state index is -0.255. The van der Waals surface area contributed by atoms with Gasteiger partial charge >= 0.3 is 0 Å². The van der Waals surface area contributed by atoms with Crippen molar-refractivity contribution in [2.24, 2.45) is 5.84 Å². The average molecular weight is 272 g/mol. The lowest BCUT2D eigenvalue weighted by Gasteiger charge is -2.35. The summed E-state index contributed by atoms with van der Waals surface area (Å²) in [4.78, 5) is 0. The van der Waals surface area contributed by atoms with E-state index in [-0.39, 0.29) is 17.3 Å². The summed E-state index contributed by atoms with van der Waals surface area (Å²) in [5.41, 5.74) is 5.68. The maximum atomic E-state index is 13.6. The normalized spacial score (nSPS) is 13.2. The summed E-state index contributed by atoms with van der Waals surface area (Å²) in [6.45, 7) is 6.19. The standard InChI is InChI=1S/C17H21FN2/c1-12-9-10-14(18)11-15(12)16(20-19)17(2,3)13-7-5-4-6-8-13/h4-11,16,20H,19H2,1-3H3. The molecule has 1 unspecified atom stereocenters. The van der Waals surface area contributed by atoms with Gasteiger partial charge in [0.05, 0.1) is 6.04 Å². The van der Waals surface area contributed by atoms with Gasteiger partial charge in [-0.3, -0.25) is 11.3 Å². The molecule has 0 heterocycles. The lowest BCUT2D eigenvalue weighted by molar-refractivity contribution is 0.350. The van der Waals surface area contributed by atoms with E-state index in [9.17, 15) is 4.39 Å². The molecule has 2 nitrogen and oxygen atoms in total. The van der Waals surface area contributed by atoms with Crippen LogP contribution < -0.4 is 11.3 Å². The molecule has 0 aliphatic carbocycles. The van der Waals surface area contributed by atoms with Crippen LogP contribution in [0.3, 0.4) is 0 Å². The molecule has 0 aliphatic rings. The third-order valence-corrected chi connectivity index (χ3v) is 3.96. The molecule has 0 radical (unpaired) electrons. The molecule has 0 saturated carbocycles. The quantitative estimate of drug-likeness (QED) is 0.659. The molecular weight excluding hydrogens is 251 g/mol. The third kappa shape index (κ3) is 2.74. The number of nitrogens with one attached hydrogen (secondary N) is 1. The van der Waals surface area contributed by atoms with Crippen molar-refractivity contribution in [3.63, 3.8) is 0 Å². The topological polar surface area (TPSA) is 38.0 Å². The number of benzene rings is 2. The first-order valence-electron chi connectivity index (χ1n) is 6.74. The van der Waals surface area contributed by atoms with Crippen LogP contribution in [0.15, 0.2) is 48.5 Å². The van der Waals surface area contributed by atoms with E-state index >= 15 is 0 Å². The summed E-state index contributed by atoms with van der Waals surface area (Å²) < 4.78 is 13.6. The van der Waals surface area contributed by atoms with Crippen LogP contribution in [-0.4, -0.2) is 0 Å². The molecule has 106 valence electrons. The van der Waals surface area contributed by atoms with Crippen LogP contribution in [0.2, 0.25) is 0 Å². The summed E-state index contributed by atoms with van der Waals surface area (Å²) >= 11 is 0. The van der Waals surface area contributed by atoms with Gasteiger partial charge in [-0.05, 0) is 35.7 Å². The predicted octanol–water partition coefficient (Wildman–Crippen LogP) is 3.62. The number of hydrogen-bond donors (Lipinski definition) is 2. The molecule has 0 aromatic heterocycles. The molecule has 0 amide bonds. The van der Waals surface area contributed by atoms with Crippen LogP contribution in [0, 0.1) is 12.7 Å². The molecule has 2 aromatic rings. The fraction of sp³-hybridized carbons (Fsp3) is 0.294. The second kappa shape index (κ2) is 5.73. The molecule has 0 saturated heterocycles. The highest BCUT2D eigenvalue weighted by Crippen LogP contribution is 2.37. The number of hydrogen-bond acceptors (Lipinski definition) is 2. The Morgan fingerprint density at radius 3 is 2.35 bits per heavy atom. The van der Waals surface area contributed by atoms with E-state index in [1.807, 2.05) is 25.1 Å². The summed E-state index contributed by atoms with van der Waals surface area (Å²) in [5, 5.41) is 0. The van der Waals surface area contributed by atoms with E-state index in [1.165, 1.54) is 6.07 Å². The van der Waals surface area contributed by atoms with E-state index < -0.39 is 0 Å². The minimum absolute atomic E-state index is 0.166. The summed E-state index contributed by atoms with van der Waals surface area (Å²) in [5.74, 6) is 5.53. The zero-order valence-electron chi connectivity index (χ0n) is 12.2. The van der Waals surface area contributed by atoms with E-state index in [1.54, 1.807) is 12.1 Å². The van der Waals surface area contributed by atoms with Gasteiger partial charge in [0.1, 0.15) is 5.82 Å². The van der Waals surface area contributed by atoms with Gasteiger partial charge in [-0.1, -0.05) is 50.2 Å². The number of nitrogens with two attached hydrogens (primary N) is 1. The lowest BCUT2D eigenvalue weighted by atomic mass is 9.74. The largest absolute Gasteiger partial charge is 0.271 e. The van der Waals surface area contributed by atoms with Crippen molar-refractivity contribution in [3.8, 4) is 0 Å². The molecule has 0 bridgehead atoms. The van der Waals surface area contributed by atoms with Crippen molar-refractivity contribution in [2.45, 2.75) is 32.2 Å². The monoisotopic (exact) mass is 272 g/mol. The van der Waals surface area contributed by atoms with Crippen molar-refractivity contribution in [1.29, 1.82) is 0 Å². The van der Waals surface area contributed by atoms with Gasteiger partial charge in [0.25, 0.3) is 0 Å². The van der Waals surface area contributed by atoms with Crippen LogP contribution >= 0.6 is 0 Å². The van der Waals surface area contributed by atoms with Gasteiger partial charge in [-0.25, -0.2) is 4.39 Å². The highest BCUT2D eigenvalue weighted by molar-refractivity contribution is 5.36. The Morgan fingerprint density at radius 2 is 1.75 bits per heavy atom. The van der Waals surface area contributed by atoms with Gasteiger partial charge in [0.15, 0.2) is 0 Å². The fourth-order valence-corrected chi connectivity index (χ4v) is 2.64. The second-order valence-electron chi connectivity index (χ2n) is 5.69. The van der Waals surface area contributed by atoms with Crippen LogP contribution in [0.5, 0.6) is 0 Å². The molecule has 20 heavy (non-hydrogen) atoms. The third-order valence-electron chi connectivity index (χ3n) is 3.96. The van der Waals surface area contributed by atoms with Crippen LogP contribution in [0.25, 0.3) is 0 Å². The highest BCUT2D eigenvalue weighted by Gasteiger charge is 2.32. The summed E-state index contributed by atoms with van der Waals surface area (Å²) in [6.07, 6.45) is 0. The van der Waals surface area contributed by atoms with Gasteiger partial charge in [0, 0.05) is 5.41 Å². The van der Waals surface area contributed by atoms with E-state index in [0.29, 0.717) is 0 Å². The van der Waals surface area contributed by atoms with E-state index in [0.717, 1.165) is 16.7 Å². The Kier molecular flexibility index (Phi) is 4.21. The van der Waals surface area contributed by atoms with Crippen molar-refractivity contribution >= 4 is 0 Å². The molecule has 0 spiro atoms. The van der Waals surface area contributed by atoms with Gasteiger partial charge in [0.2, 0.25) is 0 Å². The second-order valence-corrected chi connectivity index (χ2v) is 5.69. The lowest BCUT2D eigenvalue weighted by Crippen LogP contribution is -2.41. The average Bonchev–Trinajstić information content (AvgIpc) is 2.44. The highest BCUT2D eigenvalue weighted by atomic mass is 19.1. The van der Waals surface area contributed by atoms with Crippen LogP contribution in [0.4, 0.5) is 4.39 Å². The minimum Gasteiger partial charge on any atom is -0.271 e. The van der Waals surface area contributed by atoms with Gasteiger partial charge in [-0.2, -0.15) is 0 Å². The van der Waals surface area contributed by atoms with E-state index in [2.05, 4.69) is 31.4 Å². The Hall–Kier alpha value is -1.71. The van der Waals surface area contributed by atoms with Crippen molar-refractivity contribution in [2.75, 3.05) is 0 Å². The number of hydrazine groups is 1. The maximum absolute atomic E-state index is 13.6. The Bertz CT molecular complexity index is 579. The number of rotatable bonds is 4. The number of halogens is 1. The Morgan fingerprint density at radius 1 is 1.10 bits per heavy atom. The van der Waals surface area contributed by atoms with Crippen molar-refractivity contribution in [1.82, 2.24) is 5.43 Å². The van der Waals surface area contributed by atoms with Crippen LogP contribution in [-0.2, 0) is 5.41 Å². The van der Waals surface area contributed by atoms with Crippen molar-refractivity contribution < 1.29 is 4.39 Å². The Balaban J connectivity index is 2.49. The first kappa shape index (κ1) is 14.7. The molecule has 3 heteroatoms. The smallest absolute Gasteiger partial charge is 0.123 e. The maximum Gasteiger partial charge on any atom is 0.123 e. The van der Waals surface area contributed by atoms with Gasteiger partial charge < -0.3 is 0 Å². The van der Waals surface area contributed by atoms with Gasteiger partial charge in [-0.15, -0.1) is 0 Å². The summed E-state index contributed by atoms with van der Waals surface area (Å²) in [7, 11) is 0. The van der Waals surface area contributed by atoms with Crippen LogP contribution in [0.1, 0.15) is 36.6 Å². The molecule has 3 N–H and O–H groups in total. The fourth-order valence-electron chi connectivity index (χ4n) is 2.64. The first-order valence-corrected chi connectivity index (χ1v) is 6.74. The SMILES string of the molecule is Cc1ccc(F)cc1C(NN)C(C)(C)c1ccccc1. The predicted molar refractivity (Wildman–Crippen MR) is 80.7 cm³/mol. The molecule has 0 aliphatic heterocycles. The molecular formula is C17H21FN2. The van der Waals surface area contributed by atoms with E-state index in [4.69, 9.17) is 5.84 Å². The molecule has 2 rings (SSSR count).